The number of fused-ring (bicyclic) bond motifs is 1. The van der Waals surface area contributed by atoms with Crippen LogP contribution in [0.5, 0.6) is 5.75 Å². The van der Waals surface area contributed by atoms with Crippen molar-refractivity contribution in [1.29, 1.82) is 0 Å². The number of carbonyl (C=O) groups excluding carboxylic acids is 1. The Kier molecular flexibility index (Phi) is 6.17. The molecule has 0 bridgehead atoms. The summed E-state index contributed by atoms with van der Waals surface area (Å²) in [5, 5.41) is 9.12. The minimum atomic E-state index is -0.869. The number of pyridine rings is 1. The molecule has 0 spiro atoms. The van der Waals surface area contributed by atoms with Gasteiger partial charge in [0.05, 0.1) is 12.3 Å². The Bertz CT molecular complexity index is 764. The number of aromatic nitrogens is 2. The lowest BCUT2D eigenvalue weighted by atomic mass is 9.89. The molecule has 6 nitrogen and oxygen atoms in total. The van der Waals surface area contributed by atoms with Crippen LogP contribution in [0.15, 0.2) is 18.3 Å². The number of imidazole rings is 1. The molecule has 2 rings (SSSR count). The number of nitrogens with zero attached hydrogens (tertiary/aromatic N) is 2. The van der Waals surface area contributed by atoms with Crippen molar-refractivity contribution >= 4 is 17.4 Å². The zero-order chi connectivity index (χ0) is 18.6. The predicted molar refractivity (Wildman–Crippen MR) is 95.2 cm³/mol. The molecule has 0 unspecified atom stereocenters. The van der Waals surface area contributed by atoms with E-state index < -0.39 is 5.97 Å². The predicted octanol–water partition coefficient (Wildman–Crippen LogP) is 3.75. The van der Waals surface area contributed by atoms with E-state index in [0.29, 0.717) is 41.7 Å². The Balaban J connectivity index is 2.33. The average Bonchev–Trinajstić information content (AvgIpc) is 2.83. The summed E-state index contributed by atoms with van der Waals surface area (Å²) in [4.78, 5) is 28.5. The number of hydrogen-bond acceptors (Lipinski definition) is 4. The van der Waals surface area contributed by atoms with Crippen LogP contribution in [0.2, 0.25) is 0 Å². The molecule has 0 fully saturated rings. The summed E-state index contributed by atoms with van der Waals surface area (Å²) in [6.07, 6.45) is 2.71. The highest BCUT2D eigenvalue weighted by molar-refractivity contribution is 5.97. The zero-order valence-corrected chi connectivity index (χ0v) is 15.3. The van der Waals surface area contributed by atoms with Crippen molar-refractivity contribution in [2.75, 3.05) is 6.61 Å². The number of ether oxygens (including phenoxy) is 1. The van der Waals surface area contributed by atoms with Gasteiger partial charge in [0.2, 0.25) is 0 Å². The fourth-order valence-electron chi connectivity index (χ4n) is 3.27. The smallest absolute Gasteiger partial charge is 0.303 e. The monoisotopic (exact) mass is 346 g/mol. The summed E-state index contributed by atoms with van der Waals surface area (Å²) < 4.78 is 7.33. The molecule has 0 aliphatic heterocycles. The van der Waals surface area contributed by atoms with Crippen LogP contribution in [0.3, 0.4) is 0 Å². The summed E-state index contributed by atoms with van der Waals surface area (Å²) in [5.41, 5.74) is 1.76. The van der Waals surface area contributed by atoms with Gasteiger partial charge in [-0.1, -0.05) is 13.8 Å². The minimum Gasteiger partial charge on any atom is -0.490 e. The van der Waals surface area contributed by atoms with E-state index in [1.165, 1.54) is 0 Å². The van der Waals surface area contributed by atoms with Gasteiger partial charge < -0.3 is 9.84 Å². The van der Waals surface area contributed by atoms with Crippen molar-refractivity contribution in [3.63, 3.8) is 0 Å². The van der Waals surface area contributed by atoms with E-state index in [2.05, 4.69) is 4.98 Å². The molecule has 0 radical (unpaired) electrons. The number of ketones is 1. The molecule has 2 aromatic heterocycles. The second-order valence-corrected chi connectivity index (χ2v) is 6.77. The summed E-state index contributed by atoms with van der Waals surface area (Å²) in [7, 11) is 0. The van der Waals surface area contributed by atoms with Crippen LogP contribution in [0.4, 0.5) is 0 Å². The number of rotatable bonds is 9. The van der Waals surface area contributed by atoms with Crippen molar-refractivity contribution < 1.29 is 19.4 Å². The van der Waals surface area contributed by atoms with Gasteiger partial charge in [0.1, 0.15) is 5.69 Å². The van der Waals surface area contributed by atoms with E-state index in [9.17, 15) is 9.59 Å². The number of hydrogen-bond donors (Lipinski definition) is 1. The third kappa shape index (κ3) is 4.59. The van der Waals surface area contributed by atoms with Crippen LogP contribution in [-0.2, 0) is 4.79 Å². The fourth-order valence-corrected chi connectivity index (χ4v) is 3.27. The van der Waals surface area contributed by atoms with E-state index in [0.717, 1.165) is 0 Å². The van der Waals surface area contributed by atoms with Crippen LogP contribution in [-0.4, -0.2) is 32.9 Å². The Morgan fingerprint density at radius 1 is 1.32 bits per heavy atom. The Morgan fingerprint density at radius 2 is 2.04 bits per heavy atom. The molecule has 0 amide bonds. The second kappa shape index (κ2) is 8.14. The van der Waals surface area contributed by atoms with Gasteiger partial charge >= 0.3 is 5.97 Å². The van der Waals surface area contributed by atoms with Gasteiger partial charge in [0.25, 0.3) is 0 Å². The van der Waals surface area contributed by atoms with Gasteiger partial charge in [-0.25, -0.2) is 4.98 Å². The normalized spacial score (nSPS) is 12.5. The van der Waals surface area contributed by atoms with E-state index in [-0.39, 0.29) is 24.5 Å². The molecule has 2 heterocycles. The van der Waals surface area contributed by atoms with E-state index in [1.807, 2.05) is 32.9 Å². The van der Waals surface area contributed by atoms with Gasteiger partial charge in [-0.05, 0) is 44.2 Å². The average molecular weight is 346 g/mol. The van der Waals surface area contributed by atoms with E-state index >= 15 is 0 Å². The van der Waals surface area contributed by atoms with Gasteiger partial charge in [0.15, 0.2) is 17.2 Å². The molecule has 0 saturated heterocycles. The van der Waals surface area contributed by atoms with Gasteiger partial charge in [-0.2, -0.15) is 0 Å². The molecule has 6 heteroatoms. The lowest BCUT2D eigenvalue weighted by molar-refractivity contribution is -0.138. The van der Waals surface area contributed by atoms with Crippen molar-refractivity contribution in [3.05, 3.63) is 29.7 Å². The van der Waals surface area contributed by atoms with Crippen molar-refractivity contribution in [1.82, 2.24) is 9.38 Å². The number of carboxylic acids is 1. The van der Waals surface area contributed by atoms with E-state index in [1.54, 1.807) is 17.5 Å². The molecule has 2 aromatic rings. The summed E-state index contributed by atoms with van der Waals surface area (Å²) in [6, 6.07) is 3.64. The molecule has 0 aromatic carbocycles. The highest BCUT2D eigenvalue weighted by Crippen LogP contribution is 2.26. The quantitative estimate of drug-likeness (QED) is 0.699. The Hall–Kier alpha value is -2.37. The molecule has 0 aliphatic rings. The molecule has 136 valence electrons. The van der Waals surface area contributed by atoms with Crippen molar-refractivity contribution in [2.45, 2.75) is 47.0 Å². The Labute approximate surface area is 147 Å². The third-order valence-electron chi connectivity index (χ3n) is 4.09. The Morgan fingerprint density at radius 3 is 2.64 bits per heavy atom. The fraction of sp³-hybridized carbons (Fsp3) is 0.526. The standard InChI is InChI=1S/C19H26N2O4/c1-5-25-16-7-6-8-21-18(13(4)20-19(16)21)15(22)10-14(9-12(2)3)11-17(23)24/h6-8,12,14H,5,9-11H2,1-4H3,(H,23,24)/t14-/m0/s1. The molecular weight excluding hydrogens is 320 g/mol. The van der Waals surface area contributed by atoms with Gasteiger partial charge in [-0.15, -0.1) is 0 Å². The van der Waals surface area contributed by atoms with E-state index in [4.69, 9.17) is 9.84 Å². The maximum Gasteiger partial charge on any atom is 0.303 e. The summed E-state index contributed by atoms with van der Waals surface area (Å²) >= 11 is 0. The summed E-state index contributed by atoms with van der Waals surface area (Å²) in [6.45, 7) is 8.28. The first-order chi connectivity index (χ1) is 11.8. The number of aliphatic carboxylic acids is 1. The van der Waals surface area contributed by atoms with Crippen LogP contribution in [0.25, 0.3) is 5.65 Å². The first-order valence-electron chi connectivity index (χ1n) is 8.68. The minimum absolute atomic E-state index is 0.00387. The van der Waals surface area contributed by atoms with Crippen LogP contribution < -0.4 is 4.74 Å². The molecule has 25 heavy (non-hydrogen) atoms. The molecule has 1 N–H and O–H groups in total. The van der Waals surface area contributed by atoms with Gasteiger partial charge in [0, 0.05) is 19.0 Å². The molecule has 0 aliphatic carbocycles. The third-order valence-corrected chi connectivity index (χ3v) is 4.09. The number of aryl methyl sites for hydroxylation is 1. The second-order valence-electron chi connectivity index (χ2n) is 6.77. The maximum atomic E-state index is 12.9. The van der Waals surface area contributed by atoms with Crippen LogP contribution in [0.1, 0.15) is 56.2 Å². The number of carboxylic acid groups (broad SMARTS) is 1. The molecular formula is C19H26N2O4. The SMILES string of the molecule is CCOc1cccn2c(C(=O)C[C@@H](CC(=O)O)CC(C)C)c(C)nc12. The molecule has 0 saturated carbocycles. The van der Waals surface area contributed by atoms with Crippen molar-refractivity contribution in [2.24, 2.45) is 11.8 Å². The largest absolute Gasteiger partial charge is 0.490 e. The summed E-state index contributed by atoms with van der Waals surface area (Å²) in [5.74, 6) is -0.149. The number of carbonyl (C=O) groups is 2. The van der Waals surface area contributed by atoms with Crippen LogP contribution >= 0.6 is 0 Å². The topological polar surface area (TPSA) is 80.9 Å². The van der Waals surface area contributed by atoms with Gasteiger partial charge in [-0.3, -0.25) is 14.0 Å². The first kappa shape index (κ1) is 19.0. The lowest BCUT2D eigenvalue weighted by Crippen LogP contribution is -2.17. The van der Waals surface area contributed by atoms with Crippen molar-refractivity contribution in [3.8, 4) is 5.75 Å². The highest BCUT2D eigenvalue weighted by Gasteiger charge is 2.24. The zero-order valence-electron chi connectivity index (χ0n) is 15.3. The molecule has 1 atom stereocenters. The maximum absolute atomic E-state index is 12.9. The number of Topliss-reactive ketones (excluding diaryl/α,β-unsaturated/α-hetero) is 1. The first-order valence-corrected chi connectivity index (χ1v) is 8.68. The highest BCUT2D eigenvalue weighted by atomic mass is 16.5. The lowest BCUT2D eigenvalue weighted by Gasteiger charge is -2.16. The van der Waals surface area contributed by atoms with Crippen LogP contribution in [0, 0.1) is 18.8 Å².